The van der Waals surface area contributed by atoms with Gasteiger partial charge in [-0.1, -0.05) is 33.1 Å². The number of halogens is 1. The van der Waals surface area contributed by atoms with Gasteiger partial charge in [-0.05, 0) is 40.9 Å². The average molecular weight is 432 g/mol. The number of carbonyl (C=O) groups excluding carboxylic acids is 3. The van der Waals surface area contributed by atoms with Crippen molar-refractivity contribution >= 4 is 34.2 Å². The first kappa shape index (κ1) is 22.2. The van der Waals surface area contributed by atoms with Gasteiger partial charge in [-0.3, -0.25) is 19.6 Å². The summed E-state index contributed by atoms with van der Waals surface area (Å²) >= 11 is 3.11. The summed E-state index contributed by atoms with van der Waals surface area (Å²) in [6.07, 6.45) is 4.05. The molecule has 0 aliphatic heterocycles. The Balaban J connectivity index is 2.62. The van der Waals surface area contributed by atoms with E-state index in [4.69, 9.17) is 4.42 Å². The van der Waals surface area contributed by atoms with Gasteiger partial charge in [0.2, 0.25) is 12.3 Å². The van der Waals surface area contributed by atoms with E-state index in [0.29, 0.717) is 29.0 Å². The molecule has 0 spiro atoms. The second-order valence-corrected chi connectivity index (χ2v) is 6.67. The quantitative estimate of drug-likeness (QED) is 0.155. The van der Waals surface area contributed by atoms with Crippen molar-refractivity contribution in [2.75, 3.05) is 6.67 Å². The highest BCUT2D eigenvalue weighted by Crippen LogP contribution is 2.20. The highest BCUT2D eigenvalue weighted by atomic mass is 79.9. The lowest BCUT2D eigenvalue weighted by atomic mass is 9.90. The number of hydrogen-bond acceptors (Lipinski definition) is 5. The van der Waals surface area contributed by atoms with Crippen LogP contribution in [0.3, 0.4) is 0 Å². The zero-order chi connectivity index (χ0) is 19.5. The van der Waals surface area contributed by atoms with Crippen LogP contribution in [0.15, 0.2) is 21.2 Å². The van der Waals surface area contributed by atoms with Crippen molar-refractivity contribution in [2.45, 2.75) is 52.0 Å². The Morgan fingerprint density at radius 2 is 2.04 bits per heavy atom. The lowest BCUT2D eigenvalue weighted by molar-refractivity contribution is -0.168. The molecule has 0 aliphatic carbocycles. The second kappa shape index (κ2) is 11.7. The lowest BCUT2D eigenvalue weighted by Gasteiger charge is -2.29. The first-order chi connectivity index (χ1) is 12.4. The van der Waals surface area contributed by atoms with Crippen LogP contribution in [0.25, 0.3) is 0 Å². The van der Waals surface area contributed by atoms with Crippen molar-refractivity contribution in [2.24, 2.45) is 5.92 Å². The molecule has 3 N–H and O–H groups in total. The molecule has 9 heteroatoms. The number of rotatable bonds is 12. The molecule has 1 aromatic rings. The average Bonchev–Trinajstić information content (AvgIpc) is 3.07. The van der Waals surface area contributed by atoms with E-state index in [1.165, 1.54) is 6.07 Å². The van der Waals surface area contributed by atoms with Crippen LogP contribution >= 0.6 is 15.9 Å². The molecule has 8 nitrogen and oxygen atoms in total. The third-order valence-electron chi connectivity index (χ3n) is 4.09. The number of amides is 3. The van der Waals surface area contributed by atoms with Crippen LogP contribution in [0, 0.1) is 5.92 Å². The van der Waals surface area contributed by atoms with Crippen LogP contribution in [0.1, 0.15) is 56.5 Å². The maximum atomic E-state index is 12.5. The lowest BCUT2D eigenvalue weighted by Crippen LogP contribution is -2.47. The Hall–Kier alpha value is -1.87. The largest absolute Gasteiger partial charge is 0.444 e. The van der Waals surface area contributed by atoms with Crippen molar-refractivity contribution < 1.29 is 24.0 Å². The second-order valence-electron chi connectivity index (χ2n) is 5.89. The highest BCUT2D eigenvalue weighted by Gasteiger charge is 2.30. The molecule has 146 valence electrons. The van der Waals surface area contributed by atoms with Gasteiger partial charge in [0.05, 0.1) is 18.6 Å². The van der Waals surface area contributed by atoms with Crippen LogP contribution in [0.2, 0.25) is 0 Å². The Morgan fingerprint density at radius 3 is 2.58 bits per heavy atom. The van der Waals surface area contributed by atoms with Crippen LogP contribution in [0.4, 0.5) is 0 Å². The fourth-order valence-corrected chi connectivity index (χ4v) is 3.02. The van der Waals surface area contributed by atoms with E-state index in [0.717, 1.165) is 19.3 Å². The predicted octanol–water partition coefficient (Wildman–Crippen LogP) is 2.67. The molecule has 3 amide bonds. The molecular formula is C17H26BrN3O5. The smallest absolute Gasteiger partial charge is 0.288 e. The molecule has 26 heavy (non-hydrogen) atoms. The van der Waals surface area contributed by atoms with E-state index in [9.17, 15) is 19.6 Å². The van der Waals surface area contributed by atoms with Gasteiger partial charge in [-0.15, -0.1) is 0 Å². The van der Waals surface area contributed by atoms with E-state index >= 15 is 0 Å². The van der Waals surface area contributed by atoms with Crippen LogP contribution in [0.5, 0.6) is 0 Å². The zero-order valence-corrected chi connectivity index (χ0v) is 16.6. The third kappa shape index (κ3) is 6.80. The predicted molar refractivity (Wildman–Crippen MR) is 98.3 cm³/mol. The molecule has 0 radical (unpaired) electrons. The summed E-state index contributed by atoms with van der Waals surface area (Å²) in [5.41, 5.74) is 0. The number of unbranched alkanes of at least 4 members (excludes halogenated alkanes) is 2. The van der Waals surface area contributed by atoms with E-state index in [1.807, 2.05) is 0 Å². The molecule has 2 atom stereocenters. The number of hydroxylamine groups is 2. The van der Waals surface area contributed by atoms with E-state index < -0.39 is 17.9 Å². The molecule has 0 saturated heterocycles. The summed E-state index contributed by atoms with van der Waals surface area (Å²) in [6, 6.07) is 2.50. The summed E-state index contributed by atoms with van der Waals surface area (Å²) in [5, 5.41) is 15.5. The van der Waals surface area contributed by atoms with Gasteiger partial charge in [0.25, 0.3) is 5.91 Å². The number of furan rings is 1. The summed E-state index contributed by atoms with van der Waals surface area (Å²) in [4.78, 5) is 35.3. The molecule has 0 bridgehead atoms. The van der Waals surface area contributed by atoms with Gasteiger partial charge < -0.3 is 15.1 Å². The SMILES string of the molecule is CCCCC[C@@H](C(=O)NCNC(=O)c1ccc(Br)o1)C(CC)N(O)C=O. The van der Waals surface area contributed by atoms with Gasteiger partial charge in [0.1, 0.15) is 0 Å². The minimum absolute atomic E-state index is 0.0801. The molecular weight excluding hydrogens is 406 g/mol. The number of nitrogens with one attached hydrogen (secondary N) is 2. The number of nitrogens with zero attached hydrogens (tertiary/aromatic N) is 1. The summed E-state index contributed by atoms with van der Waals surface area (Å²) < 4.78 is 5.57. The maximum Gasteiger partial charge on any atom is 0.288 e. The molecule has 1 rings (SSSR count). The molecule has 0 saturated carbocycles. The minimum atomic E-state index is -0.610. The first-order valence-electron chi connectivity index (χ1n) is 8.68. The van der Waals surface area contributed by atoms with Crippen LogP contribution < -0.4 is 10.6 Å². The summed E-state index contributed by atoms with van der Waals surface area (Å²) in [7, 11) is 0. The Bertz CT molecular complexity index is 593. The Labute approximate surface area is 161 Å². The van der Waals surface area contributed by atoms with Crippen molar-refractivity contribution in [1.29, 1.82) is 0 Å². The molecule has 0 fully saturated rings. The normalized spacial score (nSPS) is 12.9. The van der Waals surface area contributed by atoms with E-state index in [1.54, 1.807) is 13.0 Å². The van der Waals surface area contributed by atoms with Crippen molar-refractivity contribution in [3.63, 3.8) is 0 Å². The molecule has 0 aliphatic rings. The monoisotopic (exact) mass is 431 g/mol. The van der Waals surface area contributed by atoms with Gasteiger partial charge in [0.15, 0.2) is 10.4 Å². The summed E-state index contributed by atoms with van der Waals surface area (Å²) in [5.74, 6) is -1.21. The highest BCUT2D eigenvalue weighted by molar-refractivity contribution is 9.10. The number of carbonyl (C=O) groups is 3. The minimum Gasteiger partial charge on any atom is -0.444 e. The zero-order valence-electron chi connectivity index (χ0n) is 15.0. The Morgan fingerprint density at radius 1 is 1.31 bits per heavy atom. The van der Waals surface area contributed by atoms with Crippen molar-refractivity contribution in [3.8, 4) is 0 Å². The maximum absolute atomic E-state index is 12.5. The third-order valence-corrected chi connectivity index (χ3v) is 4.52. The van der Waals surface area contributed by atoms with Crippen molar-refractivity contribution in [3.05, 3.63) is 22.6 Å². The van der Waals surface area contributed by atoms with Crippen LogP contribution in [-0.4, -0.2) is 41.2 Å². The van der Waals surface area contributed by atoms with Gasteiger partial charge in [-0.2, -0.15) is 0 Å². The summed E-state index contributed by atoms with van der Waals surface area (Å²) in [6.45, 7) is 3.77. The van der Waals surface area contributed by atoms with E-state index in [-0.39, 0.29) is 18.3 Å². The fourth-order valence-electron chi connectivity index (χ4n) is 2.71. The fraction of sp³-hybridized carbons (Fsp3) is 0.588. The van der Waals surface area contributed by atoms with Gasteiger partial charge >= 0.3 is 0 Å². The number of hydrogen-bond donors (Lipinski definition) is 3. The molecule has 0 aromatic carbocycles. The van der Waals surface area contributed by atoms with Gasteiger partial charge in [0, 0.05) is 0 Å². The Kier molecular flexibility index (Phi) is 9.97. The molecule has 1 unspecified atom stereocenters. The van der Waals surface area contributed by atoms with Gasteiger partial charge in [-0.25, -0.2) is 5.06 Å². The van der Waals surface area contributed by atoms with Crippen molar-refractivity contribution in [1.82, 2.24) is 15.7 Å². The van der Waals surface area contributed by atoms with E-state index in [2.05, 4.69) is 33.5 Å². The topological polar surface area (TPSA) is 112 Å². The van der Waals surface area contributed by atoms with Crippen LogP contribution in [-0.2, 0) is 9.59 Å². The molecule has 1 heterocycles. The standard InChI is InChI=1S/C17H26BrN3O5/c1-3-5-6-7-12(13(4-2)21(25)11-22)16(23)19-10-20-17(24)14-8-9-15(18)26-14/h8-9,11-13,25H,3-7,10H2,1-2H3,(H,19,23)(H,20,24)/t12-,13?/m1/s1. The molecule has 1 aromatic heterocycles. The first-order valence-corrected chi connectivity index (χ1v) is 9.47.